The van der Waals surface area contributed by atoms with Gasteiger partial charge in [0, 0.05) is 31.1 Å². The van der Waals surface area contributed by atoms with Gasteiger partial charge in [0.2, 0.25) is 0 Å². The zero-order valence-electron chi connectivity index (χ0n) is 12.0. The maximum atomic E-state index is 5.63. The number of aromatic nitrogens is 1. The van der Waals surface area contributed by atoms with Gasteiger partial charge in [0.1, 0.15) is 12.4 Å². The van der Waals surface area contributed by atoms with Gasteiger partial charge < -0.3 is 14.5 Å². The maximum absolute atomic E-state index is 5.63. The van der Waals surface area contributed by atoms with E-state index in [0.717, 1.165) is 38.3 Å². The van der Waals surface area contributed by atoms with E-state index < -0.39 is 0 Å². The molecule has 0 saturated carbocycles. The van der Waals surface area contributed by atoms with Crippen LogP contribution < -0.4 is 5.32 Å². The van der Waals surface area contributed by atoms with Gasteiger partial charge in [-0.25, -0.2) is 0 Å². The van der Waals surface area contributed by atoms with Crippen molar-refractivity contribution in [3.63, 3.8) is 0 Å². The van der Waals surface area contributed by atoms with Gasteiger partial charge in [-0.1, -0.05) is 6.92 Å². The van der Waals surface area contributed by atoms with Gasteiger partial charge in [-0.05, 0) is 43.1 Å². The Labute approximate surface area is 120 Å². The fraction of sp³-hybridized carbons (Fsp3) is 0.438. The zero-order valence-corrected chi connectivity index (χ0v) is 12.0. The highest BCUT2D eigenvalue weighted by Crippen LogP contribution is 2.09. The summed E-state index contributed by atoms with van der Waals surface area (Å²) in [5, 5.41) is 3.27. The molecule has 0 unspecified atom stereocenters. The molecule has 1 N–H and O–H groups in total. The summed E-state index contributed by atoms with van der Waals surface area (Å²) in [5.74, 6) is 0.891. The molecule has 0 bridgehead atoms. The molecule has 0 saturated heterocycles. The highest BCUT2D eigenvalue weighted by atomic mass is 16.5. The third kappa shape index (κ3) is 5.15. The zero-order chi connectivity index (χ0) is 14.0. The van der Waals surface area contributed by atoms with Crippen molar-refractivity contribution in [2.75, 3.05) is 13.2 Å². The van der Waals surface area contributed by atoms with Crippen molar-refractivity contribution in [1.82, 2.24) is 10.3 Å². The number of aryl methyl sites for hydroxylation is 1. The monoisotopic (exact) mass is 274 g/mol. The molecule has 0 fully saturated rings. The molecule has 0 amide bonds. The van der Waals surface area contributed by atoms with Gasteiger partial charge in [-0.15, -0.1) is 0 Å². The van der Waals surface area contributed by atoms with Crippen LogP contribution in [0.3, 0.4) is 0 Å². The van der Waals surface area contributed by atoms with E-state index >= 15 is 0 Å². The van der Waals surface area contributed by atoms with Crippen LogP contribution in [-0.4, -0.2) is 18.1 Å². The fourth-order valence-electron chi connectivity index (χ4n) is 1.96. The van der Waals surface area contributed by atoms with Crippen LogP contribution in [-0.2, 0) is 24.3 Å². The summed E-state index contributed by atoms with van der Waals surface area (Å²) in [6.45, 7) is 5.19. The minimum Gasteiger partial charge on any atom is -0.467 e. The third-order valence-electron chi connectivity index (χ3n) is 3.03. The molecule has 4 heteroatoms. The number of hydrogen-bond donors (Lipinski definition) is 1. The third-order valence-corrected chi connectivity index (χ3v) is 3.03. The molecule has 2 aromatic rings. The Balaban J connectivity index is 1.60. The van der Waals surface area contributed by atoms with Crippen LogP contribution in [0, 0.1) is 0 Å². The smallest absolute Gasteiger partial charge is 0.129 e. The van der Waals surface area contributed by atoms with Crippen LogP contribution in [0.25, 0.3) is 0 Å². The molecule has 0 radical (unpaired) electrons. The Morgan fingerprint density at radius 1 is 1.25 bits per heavy atom. The number of hydrogen-bond acceptors (Lipinski definition) is 4. The standard InChI is InChI=1S/C16H22N2O2/c1-2-17-11-15-10-16(20-12-15)13-19-9-3-4-14-5-7-18-8-6-14/h5-8,10,12,17H,2-4,9,11,13H2,1H3. The van der Waals surface area contributed by atoms with E-state index in [9.17, 15) is 0 Å². The first-order valence-electron chi connectivity index (χ1n) is 7.12. The number of pyridine rings is 1. The summed E-state index contributed by atoms with van der Waals surface area (Å²) >= 11 is 0. The highest BCUT2D eigenvalue weighted by Gasteiger charge is 2.01. The van der Waals surface area contributed by atoms with Crippen molar-refractivity contribution >= 4 is 0 Å². The number of nitrogens with one attached hydrogen (secondary N) is 1. The Hall–Kier alpha value is -1.65. The van der Waals surface area contributed by atoms with E-state index in [-0.39, 0.29) is 0 Å². The Bertz CT molecular complexity index is 482. The lowest BCUT2D eigenvalue weighted by molar-refractivity contribution is 0.104. The first-order chi connectivity index (χ1) is 9.88. The van der Waals surface area contributed by atoms with Gasteiger partial charge >= 0.3 is 0 Å². The van der Waals surface area contributed by atoms with Gasteiger partial charge in [-0.2, -0.15) is 0 Å². The lowest BCUT2D eigenvalue weighted by Gasteiger charge is -2.02. The largest absolute Gasteiger partial charge is 0.467 e. The quantitative estimate of drug-likeness (QED) is 0.714. The molecule has 108 valence electrons. The highest BCUT2D eigenvalue weighted by molar-refractivity contribution is 5.12. The van der Waals surface area contributed by atoms with Gasteiger partial charge in [0.15, 0.2) is 0 Å². The molecule has 0 spiro atoms. The number of ether oxygens (including phenoxy) is 1. The molecule has 2 heterocycles. The second-order valence-corrected chi connectivity index (χ2v) is 4.71. The summed E-state index contributed by atoms with van der Waals surface area (Å²) in [6.07, 6.45) is 7.47. The minimum atomic E-state index is 0.544. The maximum Gasteiger partial charge on any atom is 0.129 e. The summed E-state index contributed by atoms with van der Waals surface area (Å²) < 4.78 is 11.1. The second kappa shape index (κ2) is 8.51. The van der Waals surface area contributed by atoms with E-state index in [1.165, 1.54) is 11.1 Å². The number of rotatable bonds is 9. The Kier molecular flexibility index (Phi) is 6.27. The Morgan fingerprint density at radius 3 is 2.90 bits per heavy atom. The van der Waals surface area contributed by atoms with Crippen LogP contribution in [0.15, 0.2) is 41.3 Å². The van der Waals surface area contributed by atoms with Crippen LogP contribution in [0.1, 0.15) is 30.2 Å². The van der Waals surface area contributed by atoms with Gasteiger partial charge in [0.25, 0.3) is 0 Å². The molecular formula is C16H22N2O2. The van der Waals surface area contributed by atoms with E-state index in [1.54, 1.807) is 6.26 Å². The minimum absolute atomic E-state index is 0.544. The molecule has 0 aliphatic rings. The first-order valence-corrected chi connectivity index (χ1v) is 7.12. The van der Waals surface area contributed by atoms with Crippen molar-refractivity contribution in [2.24, 2.45) is 0 Å². The predicted octanol–water partition coefficient (Wildman–Crippen LogP) is 2.93. The van der Waals surface area contributed by atoms with Crippen LogP contribution in [0.5, 0.6) is 0 Å². The van der Waals surface area contributed by atoms with Gasteiger partial charge in [0.05, 0.1) is 6.26 Å². The van der Waals surface area contributed by atoms with E-state index in [1.807, 2.05) is 30.6 Å². The van der Waals surface area contributed by atoms with E-state index in [4.69, 9.17) is 9.15 Å². The molecule has 0 aliphatic heterocycles. The summed E-state index contributed by atoms with van der Waals surface area (Å²) in [5.41, 5.74) is 2.47. The Morgan fingerprint density at radius 2 is 2.10 bits per heavy atom. The first kappa shape index (κ1) is 14.8. The lowest BCUT2D eigenvalue weighted by atomic mass is 10.1. The SMILES string of the molecule is CCNCc1coc(COCCCc2ccncc2)c1. The number of nitrogens with zero attached hydrogens (tertiary/aromatic N) is 1. The van der Waals surface area contributed by atoms with Crippen LogP contribution in [0.4, 0.5) is 0 Å². The van der Waals surface area contributed by atoms with Crippen molar-refractivity contribution in [3.8, 4) is 0 Å². The molecule has 0 aromatic carbocycles. The summed E-state index contributed by atoms with van der Waals surface area (Å²) in [4.78, 5) is 4.00. The molecule has 4 nitrogen and oxygen atoms in total. The fourth-order valence-corrected chi connectivity index (χ4v) is 1.96. The second-order valence-electron chi connectivity index (χ2n) is 4.71. The van der Waals surface area contributed by atoms with Crippen molar-refractivity contribution in [2.45, 2.75) is 32.9 Å². The van der Waals surface area contributed by atoms with Crippen molar-refractivity contribution < 1.29 is 9.15 Å². The molecule has 2 aromatic heterocycles. The van der Waals surface area contributed by atoms with Crippen LogP contribution in [0.2, 0.25) is 0 Å². The summed E-state index contributed by atoms with van der Waals surface area (Å²) in [6, 6.07) is 6.13. The summed E-state index contributed by atoms with van der Waals surface area (Å²) in [7, 11) is 0. The average molecular weight is 274 g/mol. The molecule has 2 rings (SSSR count). The molecular weight excluding hydrogens is 252 g/mol. The molecule has 0 aliphatic carbocycles. The van der Waals surface area contributed by atoms with Gasteiger partial charge in [-0.3, -0.25) is 4.98 Å². The van der Waals surface area contributed by atoms with Crippen molar-refractivity contribution in [1.29, 1.82) is 0 Å². The predicted molar refractivity (Wildman–Crippen MR) is 78.3 cm³/mol. The topological polar surface area (TPSA) is 47.3 Å². The molecule has 20 heavy (non-hydrogen) atoms. The normalized spacial score (nSPS) is 10.8. The number of furan rings is 1. The lowest BCUT2D eigenvalue weighted by Crippen LogP contribution is -2.10. The van der Waals surface area contributed by atoms with E-state index in [2.05, 4.69) is 17.2 Å². The molecule has 0 atom stereocenters. The van der Waals surface area contributed by atoms with Crippen LogP contribution >= 0.6 is 0 Å². The van der Waals surface area contributed by atoms with E-state index in [0.29, 0.717) is 6.61 Å². The van der Waals surface area contributed by atoms with Crippen molar-refractivity contribution in [3.05, 3.63) is 53.7 Å². The average Bonchev–Trinajstić information content (AvgIpc) is 2.94.